The van der Waals surface area contributed by atoms with Gasteiger partial charge in [0.25, 0.3) is 6.01 Å². The summed E-state index contributed by atoms with van der Waals surface area (Å²) in [6.07, 6.45) is 1.55. The van der Waals surface area contributed by atoms with Crippen molar-refractivity contribution >= 4 is 6.01 Å². The molecule has 0 aliphatic carbocycles. The summed E-state index contributed by atoms with van der Waals surface area (Å²) in [6.45, 7) is 3.27. The molecule has 0 bridgehead atoms. The van der Waals surface area contributed by atoms with Crippen LogP contribution in [-0.2, 0) is 6.42 Å². The summed E-state index contributed by atoms with van der Waals surface area (Å²) < 4.78 is 16.6. The molecule has 0 atom stereocenters. The molecule has 3 rings (SSSR count). The van der Waals surface area contributed by atoms with Crippen molar-refractivity contribution in [2.45, 2.75) is 19.8 Å². The van der Waals surface area contributed by atoms with E-state index in [0.717, 1.165) is 34.9 Å². The van der Waals surface area contributed by atoms with E-state index in [0.29, 0.717) is 19.6 Å². The Morgan fingerprint density at radius 2 is 2.00 bits per heavy atom. The van der Waals surface area contributed by atoms with Crippen LogP contribution in [0.1, 0.15) is 23.4 Å². The van der Waals surface area contributed by atoms with Gasteiger partial charge in [0.05, 0.1) is 18.9 Å². The summed E-state index contributed by atoms with van der Waals surface area (Å²) in [5.41, 5.74) is 7.45. The number of fused-ring (bicyclic) bond motifs is 1. The first-order chi connectivity index (χ1) is 9.22. The molecule has 1 aliphatic rings. The predicted octanol–water partition coefficient (Wildman–Crippen LogP) is 2.32. The van der Waals surface area contributed by atoms with Gasteiger partial charge in [-0.25, -0.2) is 0 Å². The molecule has 5 heteroatoms. The van der Waals surface area contributed by atoms with Crippen molar-refractivity contribution in [2.75, 3.05) is 18.9 Å². The van der Waals surface area contributed by atoms with E-state index in [1.54, 1.807) is 0 Å². The average Bonchev–Trinajstić information content (AvgIpc) is 2.60. The van der Waals surface area contributed by atoms with Crippen molar-refractivity contribution in [1.82, 2.24) is 4.98 Å². The van der Waals surface area contributed by atoms with Gasteiger partial charge in [-0.05, 0) is 24.6 Å². The lowest BCUT2D eigenvalue weighted by Gasteiger charge is -2.08. The van der Waals surface area contributed by atoms with Crippen LogP contribution in [0, 0.1) is 6.92 Å². The van der Waals surface area contributed by atoms with Gasteiger partial charge in [0.1, 0.15) is 5.76 Å². The maximum absolute atomic E-state index is 5.67. The van der Waals surface area contributed by atoms with E-state index in [2.05, 4.69) is 4.98 Å². The zero-order valence-electron chi connectivity index (χ0n) is 10.8. The Morgan fingerprint density at radius 3 is 2.74 bits per heavy atom. The number of rotatable bonds is 2. The number of anilines is 1. The molecule has 0 amide bonds. The van der Waals surface area contributed by atoms with Crippen molar-refractivity contribution in [2.24, 2.45) is 0 Å². The fraction of sp³-hybridized carbons (Fsp3) is 0.357. The van der Waals surface area contributed by atoms with Gasteiger partial charge in [-0.15, -0.1) is 0 Å². The number of aromatic nitrogens is 1. The maximum Gasteiger partial charge on any atom is 0.292 e. The minimum Gasteiger partial charge on any atom is -0.490 e. The Hall–Kier alpha value is -2.17. The number of nitrogen functional groups attached to an aromatic ring is 1. The van der Waals surface area contributed by atoms with E-state index in [1.165, 1.54) is 0 Å². The second kappa shape index (κ2) is 4.84. The Morgan fingerprint density at radius 1 is 1.21 bits per heavy atom. The number of benzene rings is 1. The quantitative estimate of drug-likeness (QED) is 0.897. The van der Waals surface area contributed by atoms with Gasteiger partial charge < -0.3 is 19.6 Å². The highest BCUT2D eigenvalue weighted by Gasteiger charge is 2.13. The fourth-order valence-corrected chi connectivity index (χ4v) is 2.12. The smallest absolute Gasteiger partial charge is 0.292 e. The zero-order chi connectivity index (χ0) is 13.2. The predicted molar refractivity (Wildman–Crippen MR) is 70.5 cm³/mol. The first-order valence-electron chi connectivity index (χ1n) is 6.32. The van der Waals surface area contributed by atoms with Gasteiger partial charge in [-0.1, -0.05) is 6.07 Å². The molecular weight excluding hydrogens is 244 g/mol. The van der Waals surface area contributed by atoms with Gasteiger partial charge in [0.2, 0.25) is 0 Å². The zero-order valence-corrected chi connectivity index (χ0v) is 10.8. The lowest BCUT2D eigenvalue weighted by Crippen LogP contribution is -1.97. The first-order valence-corrected chi connectivity index (χ1v) is 6.32. The molecule has 0 radical (unpaired) electrons. The van der Waals surface area contributed by atoms with E-state index in [1.807, 2.05) is 25.1 Å². The molecule has 0 spiro atoms. The number of ether oxygens (including phenoxy) is 2. The number of nitrogens with zero attached hydrogens (tertiary/aromatic N) is 1. The molecular formula is C14H16N2O3. The molecule has 2 N–H and O–H groups in total. The van der Waals surface area contributed by atoms with Crippen LogP contribution in [0.4, 0.5) is 6.01 Å². The Kier molecular flexibility index (Phi) is 3.03. The monoisotopic (exact) mass is 260 g/mol. The summed E-state index contributed by atoms with van der Waals surface area (Å²) in [5.74, 6) is 2.38. The van der Waals surface area contributed by atoms with Gasteiger partial charge in [-0.2, -0.15) is 4.98 Å². The first kappa shape index (κ1) is 11.9. The lowest BCUT2D eigenvalue weighted by atomic mass is 10.1. The molecule has 0 fully saturated rings. The lowest BCUT2D eigenvalue weighted by molar-refractivity contribution is 0.297. The van der Waals surface area contributed by atoms with E-state index >= 15 is 0 Å². The topological polar surface area (TPSA) is 70.5 Å². The standard InChI is InChI=1S/C14H16N2O3/c1-9-12(19-14(15)16-9)7-10-3-4-11-13(8-10)18-6-2-5-17-11/h3-4,8H,2,5-7H2,1H3,(H2,15,16). The van der Waals surface area contributed by atoms with Crippen molar-refractivity contribution in [3.8, 4) is 11.5 Å². The summed E-state index contributed by atoms with van der Waals surface area (Å²) in [4.78, 5) is 4.06. The molecule has 1 aliphatic heterocycles. The third-order valence-electron chi connectivity index (χ3n) is 3.09. The Labute approximate surface area is 111 Å². The number of aryl methyl sites for hydroxylation is 1. The minimum absolute atomic E-state index is 0.210. The van der Waals surface area contributed by atoms with E-state index in [9.17, 15) is 0 Å². The highest BCUT2D eigenvalue weighted by molar-refractivity contribution is 5.44. The number of hydrogen-bond acceptors (Lipinski definition) is 5. The molecule has 19 heavy (non-hydrogen) atoms. The van der Waals surface area contributed by atoms with Gasteiger partial charge in [-0.3, -0.25) is 0 Å². The average molecular weight is 260 g/mol. The van der Waals surface area contributed by atoms with Crippen molar-refractivity contribution in [3.05, 3.63) is 35.2 Å². The minimum atomic E-state index is 0.210. The molecule has 0 unspecified atom stereocenters. The van der Waals surface area contributed by atoms with Crippen LogP contribution >= 0.6 is 0 Å². The van der Waals surface area contributed by atoms with Crippen molar-refractivity contribution in [3.63, 3.8) is 0 Å². The van der Waals surface area contributed by atoms with Gasteiger partial charge in [0, 0.05) is 12.8 Å². The number of oxazole rings is 1. The van der Waals surface area contributed by atoms with Crippen LogP contribution in [0.25, 0.3) is 0 Å². The van der Waals surface area contributed by atoms with Crippen LogP contribution in [0.15, 0.2) is 22.6 Å². The molecule has 5 nitrogen and oxygen atoms in total. The second-order valence-corrected chi connectivity index (χ2v) is 4.57. The SMILES string of the molecule is Cc1nc(N)oc1Cc1ccc2c(c1)OCCCO2. The largest absolute Gasteiger partial charge is 0.490 e. The highest BCUT2D eigenvalue weighted by atomic mass is 16.5. The van der Waals surface area contributed by atoms with E-state index in [4.69, 9.17) is 19.6 Å². The third-order valence-corrected chi connectivity index (χ3v) is 3.09. The van der Waals surface area contributed by atoms with Crippen LogP contribution in [0.3, 0.4) is 0 Å². The fourth-order valence-electron chi connectivity index (χ4n) is 2.12. The second-order valence-electron chi connectivity index (χ2n) is 4.57. The summed E-state index contributed by atoms with van der Waals surface area (Å²) in [7, 11) is 0. The van der Waals surface area contributed by atoms with Gasteiger partial charge >= 0.3 is 0 Å². The highest BCUT2D eigenvalue weighted by Crippen LogP contribution is 2.31. The van der Waals surface area contributed by atoms with Crippen LogP contribution < -0.4 is 15.2 Å². The molecule has 0 saturated heterocycles. The maximum atomic E-state index is 5.67. The Bertz CT molecular complexity index is 592. The molecule has 2 heterocycles. The van der Waals surface area contributed by atoms with Crippen LogP contribution in [0.5, 0.6) is 11.5 Å². The number of nitrogens with two attached hydrogens (primary N) is 1. The van der Waals surface area contributed by atoms with Crippen molar-refractivity contribution in [1.29, 1.82) is 0 Å². The summed E-state index contributed by atoms with van der Waals surface area (Å²) in [5, 5.41) is 0. The molecule has 0 saturated carbocycles. The number of hydrogen-bond donors (Lipinski definition) is 1. The summed E-state index contributed by atoms with van der Waals surface area (Å²) in [6, 6.07) is 6.14. The van der Waals surface area contributed by atoms with Crippen molar-refractivity contribution < 1.29 is 13.9 Å². The molecule has 1 aromatic carbocycles. The third kappa shape index (κ3) is 2.50. The van der Waals surface area contributed by atoms with Gasteiger partial charge in [0.15, 0.2) is 11.5 Å². The van der Waals surface area contributed by atoms with E-state index < -0.39 is 0 Å². The van der Waals surface area contributed by atoms with Crippen LogP contribution in [-0.4, -0.2) is 18.2 Å². The van der Waals surface area contributed by atoms with E-state index in [-0.39, 0.29) is 6.01 Å². The molecule has 100 valence electrons. The molecule has 2 aromatic rings. The Balaban J connectivity index is 1.86. The normalized spacial score (nSPS) is 14.2. The molecule has 1 aromatic heterocycles. The van der Waals surface area contributed by atoms with Crippen LogP contribution in [0.2, 0.25) is 0 Å². The summed E-state index contributed by atoms with van der Waals surface area (Å²) >= 11 is 0.